The van der Waals surface area contributed by atoms with Crippen molar-refractivity contribution in [2.75, 3.05) is 6.54 Å². The molecule has 1 aromatic carbocycles. The molecule has 24 heavy (non-hydrogen) atoms. The number of aryl methyl sites for hydroxylation is 1. The lowest BCUT2D eigenvalue weighted by atomic mass is 9.88. The van der Waals surface area contributed by atoms with Gasteiger partial charge in [0.05, 0.1) is 6.04 Å². The molecular weight excluding hydrogens is 298 g/mol. The van der Waals surface area contributed by atoms with Crippen LogP contribution in [0.4, 0.5) is 4.79 Å². The predicted octanol–water partition coefficient (Wildman–Crippen LogP) is 3.85. The van der Waals surface area contributed by atoms with Crippen LogP contribution >= 0.6 is 0 Å². The number of nitrogens with zero attached hydrogens (tertiary/aromatic N) is 2. The lowest BCUT2D eigenvalue weighted by Gasteiger charge is -2.38. The number of aromatic nitrogens is 1. The van der Waals surface area contributed by atoms with Crippen molar-refractivity contribution < 1.29 is 4.79 Å². The number of benzene rings is 1. The summed E-state index contributed by atoms with van der Waals surface area (Å²) in [5.41, 5.74) is 4.85. The Kier molecular flexibility index (Phi) is 4.84. The average molecular weight is 323 g/mol. The third kappa shape index (κ3) is 3.28. The molecule has 0 saturated heterocycles. The van der Waals surface area contributed by atoms with Gasteiger partial charge < -0.3 is 10.2 Å². The van der Waals surface area contributed by atoms with E-state index < -0.39 is 0 Å². The van der Waals surface area contributed by atoms with Gasteiger partial charge in [-0.15, -0.1) is 0 Å². The topological polar surface area (TPSA) is 45.2 Å². The Labute approximate surface area is 143 Å². The molecule has 0 aliphatic carbocycles. The van der Waals surface area contributed by atoms with E-state index in [9.17, 15) is 4.79 Å². The Morgan fingerprint density at radius 2 is 2.25 bits per heavy atom. The minimum Gasteiger partial charge on any atom is -0.336 e. The lowest BCUT2D eigenvalue weighted by molar-refractivity contribution is 0.176. The van der Waals surface area contributed by atoms with E-state index in [0.717, 1.165) is 24.9 Å². The summed E-state index contributed by atoms with van der Waals surface area (Å²) in [6.07, 6.45) is 5.45. The van der Waals surface area contributed by atoms with E-state index in [1.165, 1.54) is 16.7 Å². The first-order valence-electron chi connectivity index (χ1n) is 8.66. The highest BCUT2D eigenvalue weighted by atomic mass is 16.2. The zero-order valence-electron chi connectivity index (χ0n) is 14.6. The third-order valence-corrected chi connectivity index (χ3v) is 4.77. The Morgan fingerprint density at radius 1 is 1.42 bits per heavy atom. The number of rotatable bonds is 3. The molecule has 2 aromatic rings. The van der Waals surface area contributed by atoms with E-state index in [-0.39, 0.29) is 18.1 Å². The van der Waals surface area contributed by atoms with Gasteiger partial charge >= 0.3 is 6.03 Å². The molecule has 1 aliphatic heterocycles. The molecule has 2 unspecified atom stereocenters. The summed E-state index contributed by atoms with van der Waals surface area (Å²) >= 11 is 0. The van der Waals surface area contributed by atoms with E-state index in [1.807, 2.05) is 24.1 Å². The quantitative estimate of drug-likeness (QED) is 0.932. The Bertz CT molecular complexity index is 714. The van der Waals surface area contributed by atoms with E-state index in [2.05, 4.69) is 48.4 Å². The second-order valence-corrected chi connectivity index (χ2v) is 6.59. The maximum Gasteiger partial charge on any atom is 0.318 e. The maximum absolute atomic E-state index is 12.8. The molecule has 4 heteroatoms. The molecular formula is C20H25N3O. The first kappa shape index (κ1) is 16.5. The van der Waals surface area contributed by atoms with E-state index >= 15 is 0 Å². The van der Waals surface area contributed by atoms with Crippen LogP contribution in [0.15, 0.2) is 42.7 Å². The van der Waals surface area contributed by atoms with E-state index in [0.29, 0.717) is 0 Å². The van der Waals surface area contributed by atoms with Crippen molar-refractivity contribution >= 4 is 6.03 Å². The van der Waals surface area contributed by atoms with Crippen LogP contribution in [0.5, 0.6) is 0 Å². The molecule has 2 amide bonds. The highest BCUT2D eigenvalue weighted by molar-refractivity contribution is 5.76. The zero-order chi connectivity index (χ0) is 17.1. The van der Waals surface area contributed by atoms with Gasteiger partial charge in [0.15, 0.2) is 0 Å². The van der Waals surface area contributed by atoms with Crippen LogP contribution in [0.3, 0.4) is 0 Å². The van der Waals surface area contributed by atoms with Crippen LogP contribution in [-0.4, -0.2) is 28.5 Å². The van der Waals surface area contributed by atoms with Crippen molar-refractivity contribution in [1.29, 1.82) is 0 Å². The highest BCUT2D eigenvalue weighted by Gasteiger charge is 2.32. The Balaban J connectivity index is 2.00. The van der Waals surface area contributed by atoms with Crippen LogP contribution in [0.25, 0.3) is 0 Å². The number of hydrogen-bond acceptors (Lipinski definition) is 2. The fourth-order valence-corrected chi connectivity index (χ4v) is 3.27. The fourth-order valence-electron chi connectivity index (χ4n) is 3.27. The van der Waals surface area contributed by atoms with Gasteiger partial charge in [0.1, 0.15) is 0 Å². The van der Waals surface area contributed by atoms with Gasteiger partial charge in [-0.05, 0) is 49.4 Å². The van der Waals surface area contributed by atoms with Crippen LogP contribution < -0.4 is 5.32 Å². The van der Waals surface area contributed by atoms with Crippen molar-refractivity contribution in [1.82, 2.24) is 15.2 Å². The molecule has 1 aliphatic rings. The monoisotopic (exact) mass is 323 g/mol. The number of fused-ring (bicyclic) bond motifs is 1. The Morgan fingerprint density at radius 3 is 2.96 bits per heavy atom. The fraction of sp³-hybridized carbons (Fsp3) is 0.400. The van der Waals surface area contributed by atoms with Crippen LogP contribution in [-0.2, 0) is 6.42 Å². The number of nitrogens with one attached hydrogen (secondary N) is 1. The summed E-state index contributed by atoms with van der Waals surface area (Å²) in [6, 6.07) is 10.6. The number of hydrogen-bond donors (Lipinski definition) is 1. The predicted molar refractivity (Wildman–Crippen MR) is 96.0 cm³/mol. The summed E-state index contributed by atoms with van der Waals surface area (Å²) in [5.74, 6) is 0. The van der Waals surface area contributed by atoms with Crippen molar-refractivity contribution in [3.8, 4) is 0 Å². The largest absolute Gasteiger partial charge is 0.336 e. The average Bonchev–Trinajstić information content (AvgIpc) is 2.61. The second kappa shape index (κ2) is 7.04. The first-order valence-corrected chi connectivity index (χ1v) is 8.66. The van der Waals surface area contributed by atoms with E-state index in [4.69, 9.17) is 0 Å². The molecule has 1 N–H and O–H groups in total. The molecule has 0 saturated carbocycles. The van der Waals surface area contributed by atoms with Crippen molar-refractivity contribution in [3.05, 3.63) is 65.0 Å². The molecule has 0 radical (unpaired) electrons. The summed E-state index contributed by atoms with van der Waals surface area (Å²) in [4.78, 5) is 19.0. The molecule has 2 atom stereocenters. The van der Waals surface area contributed by atoms with Crippen molar-refractivity contribution in [2.45, 2.75) is 45.7 Å². The molecule has 126 valence electrons. The number of amides is 2. The number of urea groups is 1. The van der Waals surface area contributed by atoms with E-state index in [1.54, 1.807) is 6.20 Å². The number of pyridine rings is 1. The zero-order valence-corrected chi connectivity index (χ0v) is 14.6. The number of carbonyl (C=O) groups is 1. The van der Waals surface area contributed by atoms with Gasteiger partial charge in [-0.2, -0.15) is 0 Å². The number of carbonyl (C=O) groups excluding carboxylic acids is 1. The first-order chi connectivity index (χ1) is 11.6. The van der Waals surface area contributed by atoms with Crippen LogP contribution in [0, 0.1) is 6.92 Å². The summed E-state index contributed by atoms with van der Waals surface area (Å²) < 4.78 is 0. The third-order valence-electron chi connectivity index (χ3n) is 4.77. The molecule has 0 spiro atoms. The normalized spacial score (nSPS) is 18.0. The molecule has 3 rings (SSSR count). The SMILES string of the molecule is CCC(C)NC(=O)N1CCc2cc(C)ccc2C1c1cccnc1. The molecule has 1 aromatic heterocycles. The molecule has 0 fully saturated rings. The minimum absolute atomic E-state index is 0.00410. The van der Waals surface area contributed by atoms with Gasteiger partial charge in [-0.25, -0.2) is 4.79 Å². The Hall–Kier alpha value is -2.36. The van der Waals surface area contributed by atoms with Crippen LogP contribution in [0.2, 0.25) is 0 Å². The van der Waals surface area contributed by atoms with Crippen LogP contribution in [0.1, 0.15) is 48.6 Å². The summed E-state index contributed by atoms with van der Waals surface area (Å²) in [5, 5.41) is 3.11. The van der Waals surface area contributed by atoms with Crippen molar-refractivity contribution in [3.63, 3.8) is 0 Å². The second-order valence-electron chi connectivity index (χ2n) is 6.59. The maximum atomic E-state index is 12.8. The van der Waals surface area contributed by atoms with Gasteiger partial charge in [0.2, 0.25) is 0 Å². The molecule has 2 heterocycles. The van der Waals surface area contributed by atoms with Crippen molar-refractivity contribution in [2.24, 2.45) is 0 Å². The standard InChI is InChI=1S/C20H25N3O/c1-4-15(3)22-20(24)23-11-9-16-12-14(2)7-8-18(16)19(23)17-6-5-10-21-13-17/h5-8,10,12-13,15,19H,4,9,11H2,1-3H3,(H,22,24). The van der Waals surface area contributed by atoms with Gasteiger partial charge in [0.25, 0.3) is 0 Å². The molecule has 0 bridgehead atoms. The van der Waals surface area contributed by atoms with Gasteiger partial charge in [0, 0.05) is 25.0 Å². The lowest BCUT2D eigenvalue weighted by Crippen LogP contribution is -2.48. The van der Waals surface area contributed by atoms with Gasteiger partial charge in [-0.3, -0.25) is 4.98 Å². The minimum atomic E-state index is -0.0768. The molecule has 4 nitrogen and oxygen atoms in total. The summed E-state index contributed by atoms with van der Waals surface area (Å²) in [6.45, 7) is 6.95. The van der Waals surface area contributed by atoms with Gasteiger partial charge in [-0.1, -0.05) is 36.8 Å². The smallest absolute Gasteiger partial charge is 0.318 e. The highest BCUT2D eigenvalue weighted by Crippen LogP contribution is 2.35. The summed E-state index contributed by atoms with van der Waals surface area (Å²) in [7, 11) is 0.